The molecule has 29 heavy (non-hydrogen) atoms. The van der Waals surface area contributed by atoms with Gasteiger partial charge in [-0.05, 0) is 43.3 Å². The maximum atomic E-state index is 12.9. The molecule has 0 fully saturated rings. The first-order valence-corrected chi connectivity index (χ1v) is 9.19. The quantitative estimate of drug-likeness (QED) is 0.623. The number of rotatable bonds is 7. The maximum Gasteiger partial charge on any atom is 0.307 e. The van der Waals surface area contributed by atoms with Crippen molar-refractivity contribution < 1.29 is 19.1 Å². The maximum absolute atomic E-state index is 12.9. The lowest BCUT2D eigenvalue weighted by atomic mass is 10.1. The van der Waals surface area contributed by atoms with Gasteiger partial charge < -0.3 is 14.8 Å². The molecule has 3 aromatic rings. The average molecular weight is 393 g/mol. The fourth-order valence-electron chi connectivity index (χ4n) is 2.90. The summed E-state index contributed by atoms with van der Waals surface area (Å²) in [5.74, 6) is 0.0245. The number of nitrogens with zero attached hydrogens (tertiary/aromatic N) is 2. The Morgan fingerprint density at radius 1 is 1.07 bits per heavy atom. The Hall–Kier alpha value is -3.61. The van der Waals surface area contributed by atoms with Crippen LogP contribution in [0.1, 0.15) is 23.7 Å². The Balaban J connectivity index is 1.96. The summed E-state index contributed by atoms with van der Waals surface area (Å²) >= 11 is 0. The number of carbonyl (C=O) groups is 2. The molecular weight excluding hydrogens is 370 g/mol. The summed E-state index contributed by atoms with van der Waals surface area (Å²) in [7, 11) is 2.92. The molecule has 1 unspecified atom stereocenters. The third-order valence-corrected chi connectivity index (χ3v) is 4.42. The molecule has 1 N–H and O–H groups in total. The van der Waals surface area contributed by atoms with Crippen LogP contribution in [0.5, 0.6) is 5.75 Å². The number of hydrogen-bond donors (Lipinski definition) is 1. The van der Waals surface area contributed by atoms with Gasteiger partial charge >= 0.3 is 5.97 Å². The van der Waals surface area contributed by atoms with Crippen molar-refractivity contribution in [3.05, 3.63) is 66.4 Å². The Labute approximate surface area is 169 Å². The minimum Gasteiger partial charge on any atom is -0.497 e. The first kappa shape index (κ1) is 20.1. The number of nitrogens with one attached hydrogen (secondary N) is 1. The molecular formula is C22H23N3O4. The van der Waals surface area contributed by atoms with Crippen LogP contribution < -0.4 is 10.1 Å². The van der Waals surface area contributed by atoms with E-state index >= 15 is 0 Å². The second-order valence-corrected chi connectivity index (χ2v) is 6.55. The monoisotopic (exact) mass is 393 g/mol. The first-order valence-electron chi connectivity index (χ1n) is 9.19. The summed E-state index contributed by atoms with van der Waals surface area (Å²) in [6.07, 6.45) is 1.78. The van der Waals surface area contributed by atoms with Crippen LogP contribution in [0.2, 0.25) is 0 Å². The van der Waals surface area contributed by atoms with Gasteiger partial charge in [0.05, 0.1) is 31.9 Å². The molecule has 1 aromatic heterocycles. The molecule has 3 rings (SSSR count). The van der Waals surface area contributed by atoms with Gasteiger partial charge in [-0.25, -0.2) is 4.68 Å². The van der Waals surface area contributed by atoms with Crippen molar-refractivity contribution in [3.8, 4) is 22.7 Å². The highest BCUT2D eigenvalue weighted by Gasteiger charge is 2.21. The highest BCUT2D eigenvalue weighted by Crippen LogP contribution is 2.26. The fraction of sp³-hybridized carbons (Fsp3) is 0.227. The number of carbonyl (C=O) groups excluding carboxylic acids is 2. The predicted octanol–water partition coefficient (Wildman–Crippen LogP) is 3.23. The van der Waals surface area contributed by atoms with Gasteiger partial charge in [-0.2, -0.15) is 5.10 Å². The summed E-state index contributed by atoms with van der Waals surface area (Å²) in [6.45, 7) is 1.75. The standard InChI is InChI=1S/C22H23N3O4/c1-15(13-20(26)29-3)23-22(27)19-14-25(17-7-5-4-6-8-17)24-21(19)16-9-11-18(28-2)12-10-16/h4-12,14-15H,13H2,1-3H3,(H,23,27). The molecule has 0 saturated heterocycles. The van der Waals surface area contributed by atoms with Crippen LogP contribution in [0.3, 0.4) is 0 Å². The van der Waals surface area contributed by atoms with Crippen molar-refractivity contribution in [3.63, 3.8) is 0 Å². The van der Waals surface area contributed by atoms with E-state index in [4.69, 9.17) is 4.74 Å². The summed E-state index contributed by atoms with van der Waals surface area (Å²) < 4.78 is 11.5. The number of methoxy groups -OCH3 is 2. The van der Waals surface area contributed by atoms with Crippen molar-refractivity contribution >= 4 is 11.9 Å². The minimum absolute atomic E-state index is 0.0902. The molecule has 0 aliphatic carbocycles. The molecule has 0 saturated carbocycles. The van der Waals surface area contributed by atoms with Crippen LogP contribution in [0.4, 0.5) is 0 Å². The van der Waals surface area contributed by atoms with E-state index < -0.39 is 0 Å². The summed E-state index contributed by atoms with van der Waals surface area (Å²) in [4.78, 5) is 24.4. The lowest BCUT2D eigenvalue weighted by Crippen LogP contribution is -2.34. The minimum atomic E-state index is -0.381. The fourth-order valence-corrected chi connectivity index (χ4v) is 2.90. The lowest BCUT2D eigenvalue weighted by Gasteiger charge is -2.12. The summed E-state index contributed by atoms with van der Waals surface area (Å²) in [5, 5.41) is 7.48. The summed E-state index contributed by atoms with van der Waals surface area (Å²) in [5.41, 5.74) is 2.57. The van der Waals surface area contributed by atoms with Gasteiger partial charge in [-0.3, -0.25) is 9.59 Å². The number of esters is 1. The van der Waals surface area contributed by atoms with Gasteiger partial charge in [0.1, 0.15) is 11.4 Å². The largest absolute Gasteiger partial charge is 0.497 e. The van der Waals surface area contributed by atoms with Crippen molar-refractivity contribution in [2.45, 2.75) is 19.4 Å². The van der Waals surface area contributed by atoms with E-state index in [0.29, 0.717) is 17.0 Å². The molecule has 150 valence electrons. The van der Waals surface area contributed by atoms with Crippen molar-refractivity contribution in [1.82, 2.24) is 15.1 Å². The normalized spacial score (nSPS) is 11.6. The van der Waals surface area contributed by atoms with Crippen LogP contribution in [-0.2, 0) is 9.53 Å². The van der Waals surface area contributed by atoms with Crippen LogP contribution in [-0.4, -0.2) is 41.9 Å². The molecule has 1 atom stereocenters. The lowest BCUT2D eigenvalue weighted by molar-refractivity contribution is -0.141. The molecule has 1 amide bonds. The third-order valence-electron chi connectivity index (χ3n) is 4.42. The number of aromatic nitrogens is 2. The number of hydrogen-bond acceptors (Lipinski definition) is 5. The zero-order valence-corrected chi connectivity index (χ0v) is 16.6. The van der Waals surface area contributed by atoms with E-state index in [9.17, 15) is 9.59 Å². The van der Waals surface area contributed by atoms with E-state index in [-0.39, 0.29) is 24.3 Å². The molecule has 7 nitrogen and oxygen atoms in total. The van der Waals surface area contributed by atoms with Gasteiger partial charge in [0, 0.05) is 17.8 Å². The van der Waals surface area contributed by atoms with Gasteiger partial charge in [-0.1, -0.05) is 18.2 Å². The Kier molecular flexibility index (Phi) is 6.29. The zero-order chi connectivity index (χ0) is 20.8. The smallest absolute Gasteiger partial charge is 0.307 e. The number of amides is 1. The molecule has 0 bridgehead atoms. The zero-order valence-electron chi connectivity index (χ0n) is 16.6. The van der Waals surface area contributed by atoms with Gasteiger partial charge in [0.2, 0.25) is 0 Å². The molecule has 0 spiro atoms. The Morgan fingerprint density at radius 2 is 1.76 bits per heavy atom. The summed E-state index contributed by atoms with van der Waals surface area (Å²) in [6, 6.07) is 16.5. The van der Waals surface area contributed by atoms with Gasteiger partial charge in [0.15, 0.2) is 0 Å². The Morgan fingerprint density at radius 3 is 2.38 bits per heavy atom. The molecule has 2 aromatic carbocycles. The van der Waals surface area contributed by atoms with Crippen LogP contribution in [0.25, 0.3) is 16.9 Å². The van der Waals surface area contributed by atoms with E-state index in [1.807, 2.05) is 54.6 Å². The number of ether oxygens (including phenoxy) is 2. The van der Waals surface area contributed by atoms with E-state index in [0.717, 1.165) is 11.3 Å². The third kappa shape index (κ3) is 4.82. The van der Waals surface area contributed by atoms with E-state index in [2.05, 4.69) is 15.2 Å². The van der Waals surface area contributed by atoms with Gasteiger partial charge in [0.25, 0.3) is 5.91 Å². The number of benzene rings is 2. The van der Waals surface area contributed by atoms with Gasteiger partial charge in [-0.15, -0.1) is 0 Å². The molecule has 0 aliphatic rings. The van der Waals surface area contributed by atoms with Crippen LogP contribution in [0.15, 0.2) is 60.8 Å². The van der Waals surface area contributed by atoms with Crippen LogP contribution in [0, 0.1) is 0 Å². The first-order chi connectivity index (χ1) is 14.0. The number of para-hydroxylation sites is 1. The predicted molar refractivity (Wildman–Crippen MR) is 109 cm³/mol. The van der Waals surface area contributed by atoms with E-state index in [1.165, 1.54) is 7.11 Å². The van der Waals surface area contributed by atoms with E-state index in [1.54, 1.807) is 24.9 Å². The highest BCUT2D eigenvalue weighted by molar-refractivity contribution is 6.00. The van der Waals surface area contributed by atoms with Crippen molar-refractivity contribution in [1.29, 1.82) is 0 Å². The molecule has 7 heteroatoms. The SMILES string of the molecule is COC(=O)CC(C)NC(=O)c1cn(-c2ccccc2)nc1-c1ccc(OC)cc1. The second kappa shape index (κ2) is 9.05. The average Bonchev–Trinajstić information content (AvgIpc) is 3.20. The van der Waals surface area contributed by atoms with Crippen molar-refractivity contribution in [2.75, 3.05) is 14.2 Å². The van der Waals surface area contributed by atoms with Crippen LogP contribution >= 0.6 is 0 Å². The Bertz CT molecular complexity index is 981. The molecule has 1 heterocycles. The van der Waals surface area contributed by atoms with Crippen molar-refractivity contribution in [2.24, 2.45) is 0 Å². The molecule has 0 radical (unpaired) electrons. The topological polar surface area (TPSA) is 82.5 Å². The second-order valence-electron chi connectivity index (χ2n) is 6.55. The highest BCUT2D eigenvalue weighted by atomic mass is 16.5. The molecule has 0 aliphatic heterocycles.